The van der Waals surface area contributed by atoms with E-state index in [4.69, 9.17) is 15.2 Å². The Hall–Kier alpha value is -3.68. The van der Waals surface area contributed by atoms with Gasteiger partial charge in [-0.1, -0.05) is 0 Å². The fourth-order valence-corrected chi connectivity index (χ4v) is 4.03. The first-order valence-corrected chi connectivity index (χ1v) is 11.4. The molecule has 4 rings (SSSR count). The van der Waals surface area contributed by atoms with Crippen LogP contribution in [0.4, 0.5) is 25.8 Å². The van der Waals surface area contributed by atoms with E-state index in [1.807, 2.05) is 0 Å². The molecule has 0 saturated carbocycles. The molecule has 1 fully saturated rings. The molecule has 0 unspecified atom stereocenters. The Morgan fingerprint density at radius 1 is 1.11 bits per heavy atom. The zero-order chi connectivity index (χ0) is 24.9. The molecule has 8 nitrogen and oxygen atoms in total. The van der Waals surface area contributed by atoms with E-state index in [0.29, 0.717) is 34.7 Å². The number of likely N-dealkylation sites (N-methyl/N-ethyl adjacent to an activating group) is 1. The average Bonchev–Trinajstić information content (AvgIpc) is 2.86. The summed E-state index contributed by atoms with van der Waals surface area (Å²) in [7, 11) is 3.66. The number of methoxy groups -OCH3 is 1. The van der Waals surface area contributed by atoms with E-state index >= 15 is 0 Å². The molecule has 2 aromatic carbocycles. The molecule has 184 valence electrons. The van der Waals surface area contributed by atoms with Gasteiger partial charge in [-0.05, 0) is 31.7 Å². The smallest absolute Gasteiger partial charge is 0.163 e. The summed E-state index contributed by atoms with van der Waals surface area (Å²) in [6.07, 6.45) is 2.27. The van der Waals surface area contributed by atoms with Crippen molar-refractivity contribution in [1.82, 2.24) is 14.8 Å². The van der Waals surface area contributed by atoms with E-state index < -0.39 is 17.3 Å². The first kappa shape index (κ1) is 24.4. The highest BCUT2D eigenvalue weighted by Gasteiger charge is 2.17. The number of aromatic nitrogens is 1. The summed E-state index contributed by atoms with van der Waals surface area (Å²) in [5.41, 5.74) is 6.01. The third-order valence-electron chi connectivity index (χ3n) is 6.09. The van der Waals surface area contributed by atoms with Crippen molar-refractivity contribution in [3.05, 3.63) is 47.7 Å². The first-order chi connectivity index (χ1) is 16.9. The molecule has 10 heteroatoms. The molecule has 1 saturated heterocycles. The number of anilines is 3. The van der Waals surface area contributed by atoms with E-state index in [9.17, 15) is 14.0 Å². The van der Waals surface area contributed by atoms with Gasteiger partial charge in [0.2, 0.25) is 0 Å². The van der Waals surface area contributed by atoms with E-state index in [1.54, 1.807) is 12.1 Å². The number of nitrogen functional groups attached to an aromatic ring is 1. The number of fused-ring (bicyclic) bond motifs is 1. The zero-order valence-electron chi connectivity index (χ0n) is 19.8. The van der Waals surface area contributed by atoms with Gasteiger partial charge in [0, 0.05) is 56.1 Å². The molecule has 0 spiro atoms. The predicted molar refractivity (Wildman–Crippen MR) is 131 cm³/mol. The Bertz CT molecular complexity index is 1230. The highest BCUT2D eigenvalue weighted by atomic mass is 19.1. The maximum Gasteiger partial charge on any atom is 0.163 e. The third kappa shape index (κ3) is 5.53. The minimum Gasteiger partial charge on any atom is -0.493 e. The monoisotopic (exact) mass is 482 g/mol. The number of nitrogens with zero attached hydrogens (tertiary/aromatic N) is 4. The molecule has 0 bridgehead atoms. The number of nitriles is 1. The maximum absolute atomic E-state index is 14.0. The summed E-state index contributed by atoms with van der Waals surface area (Å²) < 4.78 is 39.5. The molecule has 0 radical (unpaired) electrons. The molecule has 2 heterocycles. The van der Waals surface area contributed by atoms with Gasteiger partial charge in [0.25, 0.3) is 0 Å². The standard InChI is InChI=1S/C25H28F2N6O2/c1-32-5-7-33(8-6-32)4-3-9-35-23-13-21-18(12-22(23)34-2)25(16(14-28)15-30-21)31-17-10-19(26)24(29)20(27)11-17/h10-13,15H,3-9,29H2,1-2H3,(H,30,31). The molecule has 0 atom stereocenters. The largest absolute Gasteiger partial charge is 0.493 e. The number of hydrogen-bond donors (Lipinski definition) is 2. The number of piperazine rings is 1. The summed E-state index contributed by atoms with van der Waals surface area (Å²) in [4.78, 5) is 9.11. The van der Waals surface area contributed by atoms with Gasteiger partial charge in [-0.2, -0.15) is 5.26 Å². The molecule has 1 aliphatic rings. The highest BCUT2D eigenvalue weighted by Crippen LogP contribution is 2.37. The van der Waals surface area contributed by atoms with Crippen LogP contribution in [0.5, 0.6) is 11.5 Å². The third-order valence-corrected chi connectivity index (χ3v) is 6.09. The van der Waals surface area contributed by atoms with Gasteiger partial charge >= 0.3 is 0 Å². The Morgan fingerprint density at radius 3 is 2.49 bits per heavy atom. The SMILES string of the molecule is COc1cc2c(Nc3cc(F)c(N)c(F)c3)c(C#N)cnc2cc1OCCCN1CCN(C)CC1. The van der Waals surface area contributed by atoms with Crippen molar-refractivity contribution in [1.29, 1.82) is 5.26 Å². The second-order valence-electron chi connectivity index (χ2n) is 8.50. The van der Waals surface area contributed by atoms with Gasteiger partial charge in [-0.25, -0.2) is 8.78 Å². The van der Waals surface area contributed by atoms with Crippen molar-refractivity contribution < 1.29 is 18.3 Å². The minimum atomic E-state index is -0.894. The summed E-state index contributed by atoms with van der Waals surface area (Å²) in [5, 5.41) is 13.1. The van der Waals surface area contributed by atoms with E-state index in [0.717, 1.165) is 51.3 Å². The van der Waals surface area contributed by atoms with Gasteiger partial charge in [0.15, 0.2) is 23.1 Å². The van der Waals surface area contributed by atoms with Crippen LogP contribution in [0.1, 0.15) is 12.0 Å². The maximum atomic E-state index is 14.0. The van der Waals surface area contributed by atoms with Gasteiger partial charge < -0.3 is 30.3 Å². The molecule has 1 aliphatic heterocycles. The predicted octanol–water partition coefficient (Wildman–Crippen LogP) is 3.74. The highest BCUT2D eigenvalue weighted by molar-refractivity contribution is 5.97. The number of pyridine rings is 1. The number of nitrogens with one attached hydrogen (secondary N) is 1. The number of ether oxygens (including phenoxy) is 2. The fraction of sp³-hybridized carbons (Fsp3) is 0.360. The van der Waals surface area contributed by atoms with Gasteiger partial charge in [0.05, 0.1) is 30.5 Å². The lowest BCUT2D eigenvalue weighted by Gasteiger charge is -2.32. The van der Waals surface area contributed by atoms with Crippen LogP contribution in [0, 0.1) is 23.0 Å². The molecular weight excluding hydrogens is 454 g/mol. The fourth-order valence-electron chi connectivity index (χ4n) is 4.03. The minimum absolute atomic E-state index is 0.112. The van der Waals surface area contributed by atoms with Crippen molar-refractivity contribution in [2.75, 3.05) is 64.5 Å². The molecule has 3 N–H and O–H groups in total. The molecular formula is C25H28F2N6O2. The van der Waals surface area contributed by atoms with Crippen molar-refractivity contribution >= 4 is 28.0 Å². The number of nitrogens with two attached hydrogens (primary N) is 1. The van der Waals surface area contributed by atoms with E-state index in [1.165, 1.54) is 13.3 Å². The van der Waals surface area contributed by atoms with Crippen LogP contribution in [0.25, 0.3) is 10.9 Å². The van der Waals surface area contributed by atoms with Crippen LogP contribution in [0.3, 0.4) is 0 Å². The van der Waals surface area contributed by atoms with Crippen molar-refractivity contribution in [3.63, 3.8) is 0 Å². The Labute approximate surface area is 202 Å². The van der Waals surface area contributed by atoms with Gasteiger partial charge in [0.1, 0.15) is 11.8 Å². The molecule has 35 heavy (non-hydrogen) atoms. The summed E-state index contributed by atoms with van der Waals surface area (Å²) in [6.45, 7) is 5.72. The van der Waals surface area contributed by atoms with Gasteiger partial charge in [-0.3, -0.25) is 4.98 Å². The Balaban J connectivity index is 1.55. The second kappa shape index (κ2) is 10.7. The lowest BCUT2D eigenvalue weighted by molar-refractivity contribution is 0.145. The molecule has 1 aromatic heterocycles. The average molecular weight is 483 g/mol. The lowest BCUT2D eigenvalue weighted by atomic mass is 10.1. The zero-order valence-corrected chi connectivity index (χ0v) is 19.8. The van der Waals surface area contributed by atoms with Gasteiger partial charge in [-0.15, -0.1) is 0 Å². The van der Waals surface area contributed by atoms with Crippen LogP contribution in [-0.2, 0) is 0 Å². The molecule has 3 aromatic rings. The van der Waals surface area contributed by atoms with Crippen LogP contribution in [-0.4, -0.2) is 68.3 Å². The topological polar surface area (TPSA) is 99.7 Å². The molecule has 0 aliphatic carbocycles. The summed E-state index contributed by atoms with van der Waals surface area (Å²) in [5.74, 6) is -0.791. The van der Waals surface area contributed by atoms with Crippen molar-refractivity contribution in [2.45, 2.75) is 6.42 Å². The van der Waals surface area contributed by atoms with Crippen LogP contribution in [0.2, 0.25) is 0 Å². The first-order valence-electron chi connectivity index (χ1n) is 11.4. The van der Waals surface area contributed by atoms with Crippen molar-refractivity contribution in [2.24, 2.45) is 0 Å². The van der Waals surface area contributed by atoms with Crippen molar-refractivity contribution in [3.8, 4) is 17.6 Å². The van der Waals surface area contributed by atoms with Crippen LogP contribution in [0.15, 0.2) is 30.5 Å². The second-order valence-corrected chi connectivity index (χ2v) is 8.50. The quantitative estimate of drug-likeness (QED) is 0.370. The molecule has 0 amide bonds. The van der Waals surface area contributed by atoms with E-state index in [2.05, 4.69) is 33.2 Å². The Morgan fingerprint density at radius 2 is 1.83 bits per heavy atom. The normalized spacial score (nSPS) is 14.6. The number of benzene rings is 2. The number of hydrogen-bond acceptors (Lipinski definition) is 8. The summed E-state index contributed by atoms with van der Waals surface area (Å²) >= 11 is 0. The lowest BCUT2D eigenvalue weighted by Crippen LogP contribution is -2.44. The Kier molecular flexibility index (Phi) is 7.48. The number of halogens is 2. The van der Waals surface area contributed by atoms with Crippen LogP contribution >= 0.6 is 0 Å². The van der Waals surface area contributed by atoms with E-state index in [-0.39, 0.29) is 11.3 Å². The van der Waals surface area contributed by atoms with Crippen LogP contribution < -0.4 is 20.5 Å². The summed E-state index contributed by atoms with van der Waals surface area (Å²) in [6, 6.07) is 7.64. The number of rotatable bonds is 8.